The van der Waals surface area contributed by atoms with E-state index in [1.165, 1.54) is 18.4 Å². The first-order chi connectivity index (χ1) is 10.2. The van der Waals surface area contributed by atoms with Crippen LogP contribution in [0, 0.1) is 17.8 Å². The Morgan fingerprint density at radius 3 is 2.64 bits per heavy atom. The summed E-state index contributed by atoms with van der Waals surface area (Å²) in [5, 5.41) is 6.58. The number of halogens is 1. The van der Waals surface area contributed by atoms with Crippen LogP contribution in [0.15, 0.2) is 30.3 Å². The molecule has 22 heavy (non-hydrogen) atoms. The van der Waals surface area contributed by atoms with Gasteiger partial charge in [-0.2, -0.15) is 0 Å². The number of carbonyl (C=O) groups is 1. The van der Waals surface area contributed by atoms with Gasteiger partial charge in [0.25, 0.3) is 0 Å². The first kappa shape index (κ1) is 17.3. The maximum absolute atomic E-state index is 12.4. The molecular formula is C18H27ClN2O. The summed E-state index contributed by atoms with van der Waals surface area (Å²) in [6.07, 6.45) is 4.70. The third-order valence-electron chi connectivity index (χ3n) is 5.26. The fourth-order valence-corrected chi connectivity index (χ4v) is 3.58. The molecule has 1 saturated carbocycles. The lowest BCUT2D eigenvalue weighted by Crippen LogP contribution is -2.51. The van der Waals surface area contributed by atoms with Crippen molar-refractivity contribution >= 4 is 18.3 Å². The third-order valence-corrected chi connectivity index (χ3v) is 5.26. The molecule has 3 unspecified atom stereocenters. The summed E-state index contributed by atoms with van der Waals surface area (Å²) in [6.45, 7) is 4.06. The fourth-order valence-electron chi connectivity index (χ4n) is 3.58. The molecule has 1 aliphatic heterocycles. The molecule has 1 saturated heterocycles. The molecule has 3 atom stereocenters. The van der Waals surface area contributed by atoms with Crippen molar-refractivity contribution in [2.75, 3.05) is 13.1 Å². The summed E-state index contributed by atoms with van der Waals surface area (Å²) in [5.41, 5.74) is 1.39. The Kier molecular flexibility index (Phi) is 6.27. The van der Waals surface area contributed by atoms with Crippen molar-refractivity contribution in [2.45, 2.75) is 38.6 Å². The van der Waals surface area contributed by atoms with Crippen LogP contribution in [0.3, 0.4) is 0 Å². The Bertz CT molecular complexity index is 475. The molecule has 0 aromatic heterocycles. The van der Waals surface area contributed by atoms with Crippen molar-refractivity contribution in [3.63, 3.8) is 0 Å². The average Bonchev–Trinajstić information content (AvgIpc) is 2.85. The molecule has 1 heterocycles. The number of hydrogen-bond acceptors (Lipinski definition) is 2. The second-order valence-corrected chi connectivity index (χ2v) is 6.70. The first-order valence-electron chi connectivity index (χ1n) is 8.29. The largest absolute Gasteiger partial charge is 0.353 e. The molecule has 122 valence electrons. The second kappa shape index (κ2) is 7.98. The van der Waals surface area contributed by atoms with E-state index in [2.05, 4.69) is 47.9 Å². The molecule has 1 aliphatic carbocycles. The molecular weight excluding hydrogens is 296 g/mol. The molecule has 2 aliphatic rings. The van der Waals surface area contributed by atoms with Gasteiger partial charge in [0.2, 0.25) is 5.91 Å². The number of benzene rings is 1. The van der Waals surface area contributed by atoms with Crippen molar-refractivity contribution in [2.24, 2.45) is 17.8 Å². The topological polar surface area (TPSA) is 41.1 Å². The van der Waals surface area contributed by atoms with Gasteiger partial charge in [-0.15, -0.1) is 12.4 Å². The van der Waals surface area contributed by atoms with Gasteiger partial charge >= 0.3 is 0 Å². The maximum atomic E-state index is 12.4. The predicted molar refractivity (Wildman–Crippen MR) is 92.2 cm³/mol. The van der Waals surface area contributed by atoms with Gasteiger partial charge in [-0.1, -0.05) is 43.7 Å². The maximum Gasteiger partial charge on any atom is 0.223 e. The van der Waals surface area contributed by atoms with Gasteiger partial charge in [0.15, 0.2) is 0 Å². The number of amides is 1. The van der Waals surface area contributed by atoms with Crippen LogP contribution >= 0.6 is 12.4 Å². The van der Waals surface area contributed by atoms with Crippen LogP contribution < -0.4 is 10.6 Å². The Morgan fingerprint density at radius 2 is 2.00 bits per heavy atom. The lowest BCUT2D eigenvalue weighted by atomic mass is 9.87. The predicted octanol–water partition coefficient (Wildman–Crippen LogP) is 2.79. The highest BCUT2D eigenvalue weighted by Gasteiger charge is 2.33. The molecule has 3 nitrogen and oxygen atoms in total. The molecule has 2 fully saturated rings. The summed E-state index contributed by atoms with van der Waals surface area (Å²) in [7, 11) is 0. The molecule has 2 N–H and O–H groups in total. The number of rotatable bonds is 5. The molecule has 1 aromatic carbocycles. The van der Waals surface area contributed by atoms with Gasteiger partial charge in [-0.25, -0.2) is 0 Å². The van der Waals surface area contributed by atoms with E-state index in [1.54, 1.807) is 0 Å². The summed E-state index contributed by atoms with van der Waals surface area (Å²) in [5.74, 6) is 1.53. The zero-order valence-corrected chi connectivity index (χ0v) is 14.1. The Morgan fingerprint density at radius 1 is 1.27 bits per heavy atom. The standard InChI is InChI=1S/C18H26N2O.ClH/c1-13(16-11-19-12-16)18(21)20-17-9-5-8-15(17)10-14-6-3-2-4-7-14;/h2-4,6-7,13,15-17,19H,5,8-12H2,1H3,(H,20,21);1H. The Hall–Kier alpha value is -1.06. The van der Waals surface area contributed by atoms with E-state index in [0.717, 1.165) is 25.9 Å². The van der Waals surface area contributed by atoms with E-state index in [0.29, 0.717) is 17.9 Å². The SMILES string of the molecule is CC(C(=O)NC1CCCC1Cc1ccccc1)C1CNC1.Cl. The van der Waals surface area contributed by atoms with Crippen molar-refractivity contribution in [3.05, 3.63) is 35.9 Å². The van der Waals surface area contributed by atoms with Crippen LogP contribution in [0.5, 0.6) is 0 Å². The quantitative estimate of drug-likeness (QED) is 0.875. The highest BCUT2D eigenvalue weighted by atomic mass is 35.5. The minimum absolute atomic E-state index is 0. The minimum atomic E-state index is 0. The van der Waals surface area contributed by atoms with Gasteiger partial charge in [-0.3, -0.25) is 4.79 Å². The molecule has 1 amide bonds. The summed E-state index contributed by atoms with van der Waals surface area (Å²) >= 11 is 0. The van der Waals surface area contributed by atoms with Crippen LogP contribution in [-0.4, -0.2) is 25.0 Å². The number of carbonyl (C=O) groups excluding carboxylic acids is 1. The van der Waals surface area contributed by atoms with Gasteiger partial charge in [0.05, 0.1) is 0 Å². The van der Waals surface area contributed by atoms with Gasteiger partial charge in [0.1, 0.15) is 0 Å². The van der Waals surface area contributed by atoms with E-state index in [4.69, 9.17) is 0 Å². The Labute approximate surface area is 139 Å². The summed E-state index contributed by atoms with van der Waals surface area (Å²) in [4.78, 5) is 12.4. The van der Waals surface area contributed by atoms with E-state index < -0.39 is 0 Å². The molecule has 4 heteroatoms. The van der Waals surface area contributed by atoms with Crippen LogP contribution in [0.4, 0.5) is 0 Å². The van der Waals surface area contributed by atoms with Crippen LogP contribution in [0.1, 0.15) is 31.7 Å². The molecule has 0 spiro atoms. The van der Waals surface area contributed by atoms with E-state index >= 15 is 0 Å². The Balaban J connectivity index is 0.00000176. The normalized spacial score (nSPS) is 25.9. The molecule has 1 aromatic rings. The average molecular weight is 323 g/mol. The third kappa shape index (κ3) is 4.02. The number of nitrogens with one attached hydrogen (secondary N) is 2. The van der Waals surface area contributed by atoms with Crippen molar-refractivity contribution in [1.82, 2.24) is 10.6 Å². The molecule has 0 bridgehead atoms. The van der Waals surface area contributed by atoms with Crippen molar-refractivity contribution in [3.8, 4) is 0 Å². The van der Waals surface area contributed by atoms with E-state index in [9.17, 15) is 4.79 Å². The summed E-state index contributed by atoms with van der Waals surface area (Å²) in [6, 6.07) is 11.0. The van der Waals surface area contributed by atoms with Crippen LogP contribution in [-0.2, 0) is 11.2 Å². The van der Waals surface area contributed by atoms with Gasteiger partial charge in [0, 0.05) is 12.0 Å². The monoisotopic (exact) mass is 322 g/mol. The van der Waals surface area contributed by atoms with Crippen LogP contribution in [0.25, 0.3) is 0 Å². The van der Waals surface area contributed by atoms with Crippen molar-refractivity contribution < 1.29 is 4.79 Å². The molecule has 0 radical (unpaired) electrons. The first-order valence-corrected chi connectivity index (χ1v) is 8.29. The van der Waals surface area contributed by atoms with Crippen molar-refractivity contribution in [1.29, 1.82) is 0 Å². The van der Waals surface area contributed by atoms with Crippen LogP contribution in [0.2, 0.25) is 0 Å². The highest BCUT2D eigenvalue weighted by molar-refractivity contribution is 5.85. The second-order valence-electron chi connectivity index (χ2n) is 6.70. The lowest BCUT2D eigenvalue weighted by molar-refractivity contribution is -0.127. The number of hydrogen-bond donors (Lipinski definition) is 2. The molecule has 3 rings (SSSR count). The van der Waals surface area contributed by atoms with Gasteiger partial charge < -0.3 is 10.6 Å². The van der Waals surface area contributed by atoms with E-state index in [-0.39, 0.29) is 24.2 Å². The fraction of sp³-hybridized carbons (Fsp3) is 0.611. The zero-order chi connectivity index (χ0) is 14.7. The minimum Gasteiger partial charge on any atom is -0.353 e. The zero-order valence-electron chi connectivity index (χ0n) is 13.3. The summed E-state index contributed by atoms with van der Waals surface area (Å²) < 4.78 is 0. The smallest absolute Gasteiger partial charge is 0.223 e. The van der Waals surface area contributed by atoms with E-state index in [1.807, 2.05) is 0 Å². The highest BCUT2D eigenvalue weighted by Crippen LogP contribution is 2.29. The lowest BCUT2D eigenvalue weighted by Gasteiger charge is -2.33. The van der Waals surface area contributed by atoms with Gasteiger partial charge in [-0.05, 0) is 49.8 Å².